The second kappa shape index (κ2) is 10.1. The summed E-state index contributed by atoms with van der Waals surface area (Å²) >= 11 is 19.8. The molecule has 0 aromatic carbocycles. The van der Waals surface area contributed by atoms with Crippen LogP contribution in [0.3, 0.4) is 0 Å². The number of hydrogen-bond acceptors (Lipinski definition) is 5. The van der Waals surface area contributed by atoms with Crippen molar-refractivity contribution in [2.24, 2.45) is 0 Å². The van der Waals surface area contributed by atoms with Crippen LogP contribution in [0.1, 0.15) is 29.0 Å². The van der Waals surface area contributed by atoms with E-state index in [4.69, 9.17) is 34.8 Å². The zero-order chi connectivity index (χ0) is 21.8. The molecule has 0 bridgehead atoms. The summed E-state index contributed by atoms with van der Waals surface area (Å²) in [5.74, 6) is 0.767. The summed E-state index contributed by atoms with van der Waals surface area (Å²) in [7, 11) is 1.61. The molecule has 1 aliphatic heterocycles. The van der Waals surface area contributed by atoms with Crippen molar-refractivity contribution < 1.29 is 9.59 Å². The summed E-state index contributed by atoms with van der Waals surface area (Å²) < 4.78 is 0. The van der Waals surface area contributed by atoms with Gasteiger partial charge in [-0.3, -0.25) is 9.59 Å². The second-order valence-corrected chi connectivity index (χ2v) is 9.13. The Morgan fingerprint density at radius 2 is 1.93 bits per heavy atom. The summed E-state index contributed by atoms with van der Waals surface area (Å²) in [6.07, 6.45) is 1.51. The van der Waals surface area contributed by atoms with E-state index in [0.29, 0.717) is 21.6 Å². The molecule has 1 fully saturated rings. The van der Waals surface area contributed by atoms with Crippen molar-refractivity contribution in [3.8, 4) is 0 Å². The predicted molar refractivity (Wildman–Crippen MR) is 122 cm³/mol. The highest BCUT2D eigenvalue weighted by Crippen LogP contribution is 2.30. The molecule has 2 aromatic rings. The van der Waals surface area contributed by atoms with E-state index in [-0.39, 0.29) is 28.6 Å². The third-order valence-corrected chi connectivity index (χ3v) is 6.95. The number of aromatic nitrogens is 2. The lowest BCUT2D eigenvalue weighted by molar-refractivity contribution is -0.118. The summed E-state index contributed by atoms with van der Waals surface area (Å²) in [5, 5.41) is 6.61. The molecule has 0 aliphatic carbocycles. The minimum absolute atomic E-state index is 0.0217. The first kappa shape index (κ1) is 23.1. The van der Waals surface area contributed by atoms with E-state index in [1.807, 2.05) is 6.07 Å². The number of rotatable bonds is 6. The summed E-state index contributed by atoms with van der Waals surface area (Å²) in [5.41, 5.74) is 0.953. The van der Waals surface area contributed by atoms with Gasteiger partial charge in [0.05, 0.1) is 15.8 Å². The SMILES string of the molecule is CNC(=O)CSc1cc(Cl)nc(N2CCC(NC(=O)c3[nH]c(C)c(Cl)c3Cl)CC2)c1. The van der Waals surface area contributed by atoms with Crippen molar-refractivity contribution in [1.29, 1.82) is 0 Å². The standard InChI is InChI=1S/C19H22Cl3N5O2S/c1-10-16(21)17(22)18(24-10)19(29)25-11-3-5-27(6-4-11)14-8-12(7-13(20)26-14)30-9-15(28)23-2/h7-8,11,24H,3-6,9H2,1-2H3,(H,23,28)(H,25,29). The topological polar surface area (TPSA) is 90.1 Å². The number of halogens is 3. The molecule has 0 unspecified atom stereocenters. The predicted octanol–water partition coefficient (Wildman–Crippen LogP) is 3.92. The van der Waals surface area contributed by atoms with Crippen molar-refractivity contribution in [2.45, 2.75) is 30.7 Å². The van der Waals surface area contributed by atoms with Crippen LogP contribution in [0.15, 0.2) is 17.0 Å². The van der Waals surface area contributed by atoms with Gasteiger partial charge in [0.25, 0.3) is 5.91 Å². The van der Waals surface area contributed by atoms with Gasteiger partial charge in [-0.2, -0.15) is 0 Å². The molecule has 3 rings (SSSR count). The zero-order valence-corrected chi connectivity index (χ0v) is 19.6. The van der Waals surface area contributed by atoms with Crippen LogP contribution in [0, 0.1) is 6.92 Å². The number of piperidine rings is 1. The normalized spacial score (nSPS) is 14.6. The van der Waals surface area contributed by atoms with Gasteiger partial charge in [-0.05, 0) is 31.9 Å². The quantitative estimate of drug-likeness (QED) is 0.422. The van der Waals surface area contributed by atoms with Gasteiger partial charge in [-0.25, -0.2) is 4.98 Å². The number of H-pyrrole nitrogens is 1. The van der Waals surface area contributed by atoms with Crippen LogP contribution in [0.4, 0.5) is 5.82 Å². The monoisotopic (exact) mass is 489 g/mol. The number of hydrogen-bond donors (Lipinski definition) is 3. The van der Waals surface area contributed by atoms with E-state index < -0.39 is 0 Å². The van der Waals surface area contributed by atoms with E-state index in [1.54, 1.807) is 20.0 Å². The van der Waals surface area contributed by atoms with Gasteiger partial charge < -0.3 is 20.5 Å². The Labute approximate surface area is 194 Å². The van der Waals surface area contributed by atoms with Crippen molar-refractivity contribution >= 4 is 64.2 Å². The number of amides is 2. The van der Waals surface area contributed by atoms with Crippen molar-refractivity contribution in [3.05, 3.63) is 38.7 Å². The van der Waals surface area contributed by atoms with Crippen LogP contribution in [0.5, 0.6) is 0 Å². The minimum Gasteiger partial charge on any atom is -0.358 e. The Hall–Kier alpha value is -1.61. The molecule has 0 spiro atoms. The highest BCUT2D eigenvalue weighted by molar-refractivity contribution is 8.00. The highest BCUT2D eigenvalue weighted by atomic mass is 35.5. The molecule has 2 aromatic heterocycles. The first-order chi connectivity index (χ1) is 14.3. The molecule has 3 N–H and O–H groups in total. The van der Waals surface area contributed by atoms with Gasteiger partial charge in [0.15, 0.2) is 0 Å². The molecule has 30 heavy (non-hydrogen) atoms. The third-order valence-electron chi connectivity index (χ3n) is 4.84. The fourth-order valence-corrected chi connectivity index (χ4v) is 4.68. The lowest BCUT2D eigenvalue weighted by Crippen LogP contribution is -2.45. The van der Waals surface area contributed by atoms with Gasteiger partial charge in [-0.1, -0.05) is 34.8 Å². The first-order valence-corrected chi connectivity index (χ1v) is 11.5. The molecule has 0 atom stereocenters. The maximum absolute atomic E-state index is 12.5. The summed E-state index contributed by atoms with van der Waals surface area (Å²) in [4.78, 5) is 34.4. The van der Waals surface area contributed by atoms with Crippen LogP contribution < -0.4 is 15.5 Å². The second-order valence-electron chi connectivity index (χ2n) is 6.93. The molecule has 2 amide bonds. The van der Waals surface area contributed by atoms with Gasteiger partial charge >= 0.3 is 0 Å². The number of anilines is 1. The van der Waals surface area contributed by atoms with E-state index in [9.17, 15) is 9.59 Å². The molecule has 0 radical (unpaired) electrons. The van der Waals surface area contributed by atoms with E-state index in [1.165, 1.54) is 11.8 Å². The lowest BCUT2D eigenvalue weighted by Gasteiger charge is -2.33. The van der Waals surface area contributed by atoms with Gasteiger partial charge in [-0.15, -0.1) is 11.8 Å². The Morgan fingerprint density at radius 3 is 2.53 bits per heavy atom. The van der Waals surface area contributed by atoms with E-state index >= 15 is 0 Å². The van der Waals surface area contributed by atoms with Crippen LogP contribution in [-0.2, 0) is 4.79 Å². The Balaban J connectivity index is 1.58. The number of thioether (sulfide) groups is 1. The van der Waals surface area contributed by atoms with Crippen LogP contribution in [0.25, 0.3) is 0 Å². The van der Waals surface area contributed by atoms with Gasteiger partial charge in [0, 0.05) is 36.8 Å². The average molecular weight is 491 g/mol. The van der Waals surface area contributed by atoms with Crippen LogP contribution in [-0.4, -0.2) is 53.7 Å². The van der Waals surface area contributed by atoms with E-state index in [2.05, 4.69) is 25.5 Å². The number of aromatic amines is 1. The van der Waals surface area contributed by atoms with Crippen molar-refractivity contribution in [1.82, 2.24) is 20.6 Å². The fourth-order valence-electron chi connectivity index (χ4n) is 3.17. The maximum Gasteiger partial charge on any atom is 0.269 e. The highest BCUT2D eigenvalue weighted by Gasteiger charge is 2.25. The minimum atomic E-state index is -0.262. The smallest absolute Gasteiger partial charge is 0.269 e. The van der Waals surface area contributed by atoms with Gasteiger partial charge in [0.1, 0.15) is 16.7 Å². The van der Waals surface area contributed by atoms with Gasteiger partial charge in [0.2, 0.25) is 5.91 Å². The molecule has 1 aliphatic rings. The third kappa shape index (κ3) is 5.55. The number of aryl methyl sites for hydroxylation is 1. The van der Waals surface area contributed by atoms with Crippen molar-refractivity contribution in [2.75, 3.05) is 30.8 Å². The number of nitrogens with zero attached hydrogens (tertiary/aromatic N) is 2. The zero-order valence-electron chi connectivity index (χ0n) is 16.5. The molecule has 1 saturated heterocycles. The van der Waals surface area contributed by atoms with Crippen LogP contribution >= 0.6 is 46.6 Å². The average Bonchev–Trinajstić information content (AvgIpc) is 2.99. The molecule has 7 nitrogen and oxygen atoms in total. The Morgan fingerprint density at radius 1 is 1.23 bits per heavy atom. The molecular formula is C19H22Cl3N5O2S. The lowest BCUT2D eigenvalue weighted by atomic mass is 10.0. The Kier molecular flexibility index (Phi) is 7.79. The van der Waals surface area contributed by atoms with Crippen LogP contribution in [0.2, 0.25) is 15.2 Å². The molecule has 11 heteroatoms. The number of nitrogens with one attached hydrogen (secondary N) is 3. The van der Waals surface area contributed by atoms with E-state index in [0.717, 1.165) is 36.6 Å². The molecule has 0 saturated carbocycles. The fraction of sp³-hybridized carbons (Fsp3) is 0.421. The molecule has 3 heterocycles. The first-order valence-electron chi connectivity index (χ1n) is 9.38. The summed E-state index contributed by atoms with van der Waals surface area (Å²) in [6.45, 7) is 3.20. The van der Waals surface area contributed by atoms with Crippen molar-refractivity contribution in [3.63, 3.8) is 0 Å². The number of carbonyl (C=O) groups is 2. The maximum atomic E-state index is 12.5. The largest absolute Gasteiger partial charge is 0.358 e. The summed E-state index contributed by atoms with van der Waals surface area (Å²) in [6, 6.07) is 3.70. The Bertz CT molecular complexity index is 944. The molecular weight excluding hydrogens is 469 g/mol. The number of carbonyl (C=O) groups excluding carboxylic acids is 2. The number of pyridine rings is 1. The molecule has 162 valence electrons.